The highest BCUT2D eigenvalue weighted by molar-refractivity contribution is 6.32. The normalized spacial score (nSPS) is 9.64. The summed E-state index contributed by atoms with van der Waals surface area (Å²) < 4.78 is 4.94. The van der Waals surface area contributed by atoms with E-state index in [4.69, 9.17) is 21.4 Å². The third kappa shape index (κ3) is 2.61. The minimum absolute atomic E-state index is 0.406. The molecule has 5 heteroatoms. The average molecular weight is 216 g/mol. The second-order valence-corrected chi connectivity index (χ2v) is 2.96. The smallest absolute Gasteiger partial charge is 0.250 e. The van der Waals surface area contributed by atoms with Crippen LogP contribution in [0.3, 0.4) is 0 Å². The molecule has 0 aliphatic heterocycles. The Kier molecular flexibility index (Phi) is 3.73. The van der Waals surface area contributed by atoms with Crippen molar-refractivity contribution in [3.8, 4) is 5.75 Å². The summed E-state index contributed by atoms with van der Waals surface area (Å²) in [6.07, 6.45) is 0. The molecule has 1 aromatic carbocycles. The van der Waals surface area contributed by atoms with Crippen LogP contribution in [-0.2, 0) is 4.79 Å². The lowest BCUT2D eigenvalue weighted by Gasteiger charge is -2.06. The SMILES string of the molecule is COc1ccc(NC(=O)CO)cc1Cl. The molecule has 0 saturated carbocycles. The monoisotopic (exact) mass is 215 g/mol. The highest BCUT2D eigenvalue weighted by Crippen LogP contribution is 2.26. The standard InChI is InChI=1S/C9H10ClNO3/c1-14-8-3-2-6(4-7(8)10)11-9(13)5-12/h2-4,12H,5H2,1H3,(H,11,13). The fourth-order valence-electron chi connectivity index (χ4n) is 0.945. The molecule has 76 valence electrons. The number of halogens is 1. The van der Waals surface area contributed by atoms with E-state index in [1.807, 2.05) is 0 Å². The molecule has 0 radical (unpaired) electrons. The van der Waals surface area contributed by atoms with Crippen LogP contribution in [0.5, 0.6) is 5.75 Å². The first kappa shape index (κ1) is 10.8. The number of carbonyl (C=O) groups excluding carboxylic acids is 1. The Balaban J connectivity index is 2.81. The van der Waals surface area contributed by atoms with E-state index in [2.05, 4.69) is 5.32 Å². The molecule has 14 heavy (non-hydrogen) atoms. The molecule has 0 aliphatic rings. The Morgan fingerprint density at radius 3 is 2.86 bits per heavy atom. The molecule has 0 atom stereocenters. The van der Waals surface area contributed by atoms with Crippen molar-refractivity contribution in [2.75, 3.05) is 19.0 Å². The van der Waals surface area contributed by atoms with Crippen LogP contribution in [-0.4, -0.2) is 24.7 Å². The van der Waals surface area contributed by atoms with Crippen molar-refractivity contribution >= 4 is 23.2 Å². The summed E-state index contributed by atoms with van der Waals surface area (Å²) >= 11 is 5.82. The van der Waals surface area contributed by atoms with Crippen LogP contribution in [0.2, 0.25) is 5.02 Å². The number of benzene rings is 1. The number of amides is 1. The van der Waals surface area contributed by atoms with Gasteiger partial charge >= 0.3 is 0 Å². The highest BCUT2D eigenvalue weighted by Gasteiger charge is 2.03. The molecular weight excluding hydrogens is 206 g/mol. The minimum atomic E-state index is -0.552. The summed E-state index contributed by atoms with van der Waals surface area (Å²) in [5, 5.41) is 11.4. The lowest BCUT2D eigenvalue weighted by atomic mass is 10.3. The third-order valence-electron chi connectivity index (χ3n) is 1.58. The molecule has 0 heterocycles. The zero-order valence-electron chi connectivity index (χ0n) is 7.58. The first-order valence-corrected chi connectivity index (χ1v) is 4.29. The summed E-state index contributed by atoms with van der Waals surface area (Å²) in [5.74, 6) is 0.0555. The largest absolute Gasteiger partial charge is 0.495 e. The van der Waals surface area contributed by atoms with Gasteiger partial charge in [0, 0.05) is 5.69 Å². The number of carbonyl (C=O) groups is 1. The first-order valence-electron chi connectivity index (χ1n) is 3.91. The Bertz CT molecular complexity index is 341. The second kappa shape index (κ2) is 4.83. The van der Waals surface area contributed by atoms with Crippen LogP contribution in [0.25, 0.3) is 0 Å². The Morgan fingerprint density at radius 2 is 2.36 bits per heavy atom. The van der Waals surface area contributed by atoms with Gasteiger partial charge in [-0.25, -0.2) is 0 Å². The van der Waals surface area contributed by atoms with Gasteiger partial charge in [0.15, 0.2) is 0 Å². The van der Waals surface area contributed by atoms with Crippen molar-refractivity contribution in [3.63, 3.8) is 0 Å². The summed E-state index contributed by atoms with van der Waals surface area (Å²) in [6.45, 7) is -0.552. The summed E-state index contributed by atoms with van der Waals surface area (Å²) in [7, 11) is 1.51. The molecule has 2 N–H and O–H groups in total. The zero-order valence-corrected chi connectivity index (χ0v) is 8.34. The van der Waals surface area contributed by atoms with Gasteiger partial charge < -0.3 is 15.2 Å². The molecule has 0 fully saturated rings. The Morgan fingerprint density at radius 1 is 1.64 bits per heavy atom. The predicted octanol–water partition coefficient (Wildman–Crippen LogP) is 1.28. The van der Waals surface area contributed by atoms with E-state index in [1.54, 1.807) is 18.2 Å². The molecule has 0 unspecified atom stereocenters. The maximum absolute atomic E-state index is 10.8. The fourth-order valence-corrected chi connectivity index (χ4v) is 1.20. The van der Waals surface area contributed by atoms with E-state index >= 15 is 0 Å². The van der Waals surface area contributed by atoms with Gasteiger partial charge in [0.1, 0.15) is 12.4 Å². The molecule has 0 aromatic heterocycles. The van der Waals surface area contributed by atoms with Crippen molar-refractivity contribution in [2.24, 2.45) is 0 Å². The number of rotatable bonds is 3. The van der Waals surface area contributed by atoms with E-state index in [-0.39, 0.29) is 0 Å². The van der Waals surface area contributed by atoms with Gasteiger partial charge in [0.25, 0.3) is 0 Å². The molecule has 0 spiro atoms. The van der Waals surface area contributed by atoms with Gasteiger partial charge in [0.2, 0.25) is 5.91 Å². The number of anilines is 1. The van der Waals surface area contributed by atoms with Crippen molar-refractivity contribution < 1.29 is 14.6 Å². The number of methoxy groups -OCH3 is 1. The second-order valence-electron chi connectivity index (χ2n) is 2.56. The van der Waals surface area contributed by atoms with E-state index in [9.17, 15) is 4.79 Å². The first-order chi connectivity index (χ1) is 6.67. The molecule has 4 nitrogen and oxygen atoms in total. The number of aliphatic hydroxyl groups excluding tert-OH is 1. The van der Waals surface area contributed by atoms with Crippen LogP contribution in [0.4, 0.5) is 5.69 Å². The summed E-state index contributed by atoms with van der Waals surface area (Å²) in [4.78, 5) is 10.8. The Hall–Kier alpha value is -1.26. The molecule has 1 amide bonds. The van der Waals surface area contributed by atoms with E-state index in [0.717, 1.165) is 0 Å². The maximum atomic E-state index is 10.8. The van der Waals surface area contributed by atoms with Crippen LogP contribution < -0.4 is 10.1 Å². The fraction of sp³-hybridized carbons (Fsp3) is 0.222. The lowest BCUT2D eigenvalue weighted by molar-refractivity contribution is -0.118. The third-order valence-corrected chi connectivity index (χ3v) is 1.87. The molecule has 1 aromatic rings. The van der Waals surface area contributed by atoms with Gasteiger partial charge in [-0.2, -0.15) is 0 Å². The van der Waals surface area contributed by atoms with E-state index < -0.39 is 12.5 Å². The number of hydrogen-bond donors (Lipinski definition) is 2. The van der Waals surface area contributed by atoms with Gasteiger partial charge in [-0.3, -0.25) is 4.79 Å². The number of nitrogens with one attached hydrogen (secondary N) is 1. The average Bonchev–Trinajstić information content (AvgIpc) is 2.18. The molecular formula is C9H10ClNO3. The van der Waals surface area contributed by atoms with Crippen molar-refractivity contribution in [3.05, 3.63) is 23.2 Å². The number of hydrogen-bond acceptors (Lipinski definition) is 3. The van der Waals surface area contributed by atoms with E-state index in [0.29, 0.717) is 16.5 Å². The molecule has 0 bridgehead atoms. The van der Waals surface area contributed by atoms with Crippen LogP contribution in [0.1, 0.15) is 0 Å². The predicted molar refractivity (Wildman–Crippen MR) is 53.7 cm³/mol. The highest BCUT2D eigenvalue weighted by atomic mass is 35.5. The summed E-state index contributed by atoms with van der Waals surface area (Å²) in [5.41, 5.74) is 0.523. The number of aliphatic hydroxyl groups is 1. The molecule has 1 rings (SSSR count). The van der Waals surface area contributed by atoms with Crippen LogP contribution in [0.15, 0.2) is 18.2 Å². The van der Waals surface area contributed by atoms with Crippen molar-refractivity contribution in [1.82, 2.24) is 0 Å². The minimum Gasteiger partial charge on any atom is -0.495 e. The van der Waals surface area contributed by atoms with Crippen LogP contribution >= 0.6 is 11.6 Å². The van der Waals surface area contributed by atoms with Gasteiger partial charge in [-0.1, -0.05) is 11.6 Å². The quantitative estimate of drug-likeness (QED) is 0.799. The molecule has 0 aliphatic carbocycles. The topological polar surface area (TPSA) is 58.6 Å². The summed E-state index contributed by atoms with van der Waals surface area (Å²) in [6, 6.07) is 4.82. The van der Waals surface area contributed by atoms with Crippen molar-refractivity contribution in [2.45, 2.75) is 0 Å². The van der Waals surface area contributed by atoms with Gasteiger partial charge in [-0.05, 0) is 18.2 Å². The van der Waals surface area contributed by atoms with Gasteiger partial charge in [0.05, 0.1) is 12.1 Å². The maximum Gasteiger partial charge on any atom is 0.250 e. The van der Waals surface area contributed by atoms with Crippen LogP contribution in [0, 0.1) is 0 Å². The van der Waals surface area contributed by atoms with E-state index in [1.165, 1.54) is 7.11 Å². The van der Waals surface area contributed by atoms with Gasteiger partial charge in [-0.15, -0.1) is 0 Å². The number of ether oxygens (including phenoxy) is 1. The zero-order chi connectivity index (χ0) is 10.6. The Labute approximate surface area is 86.4 Å². The lowest BCUT2D eigenvalue weighted by Crippen LogP contribution is -2.15. The molecule has 0 saturated heterocycles. The van der Waals surface area contributed by atoms with Crippen molar-refractivity contribution in [1.29, 1.82) is 0 Å².